The Labute approximate surface area is 142 Å². The Morgan fingerprint density at radius 1 is 1.36 bits per heavy atom. The van der Waals surface area contributed by atoms with E-state index < -0.39 is 0 Å². The third kappa shape index (κ3) is 4.37. The van der Waals surface area contributed by atoms with Crippen molar-refractivity contribution in [3.8, 4) is 0 Å². The SMILES string of the molecule is CCC(=O)NCCCC1(c2ccc(Cl)c(Cl)c2)CCCNC1. The zero-order valence-electron chi connectivity index (χ0n) is 13.1. The predicted molar refractivity (Wildman–Crippen MR) is 92.8 cm³/mol. The second-order valence-corrected chi connectivity index (χ2v) is 6.81. The molecule has 1 aromatic rings. The van der Waals surface area contributed by atoms with Gasteiger partial charge in [-0.15, -0.1) is 0 Å². The smallest absolute Gasteiger partial charge is 0.219 e. The van der Waals surface area contributed by atoms with Crippen LogP contribution >= 0.6 is 23.2 Å². The van der Waals surface area contributed by atoms with Crippen molar-refractivity contribution in [3.63, 3.8) is 0 Å². The van der Waals surface area contributed by atoms with Crippen molar-refractivity contribution in [1.82, 2.24) is 10.6 Å². The largest absolute Gasteiger partial charge is 0.356 e. The van der Waals surface area contributed by atoms with Gasteiger partial charge in [-0.2, -0.15) is 0 Å². The first-order chi connectivity index (χ1) is 10.6. The second kappa shape index (κ2) is 8.19. The summed E-state index contributed by atoms with van der Waals surface area (Å²) >= 11 is 12.3. The lowest BCUT2D eigenvalue weighted by molar-refractivity contribution is -0.120. The van der Waals surface area contributed by atoms with Gasteiger partial charge in [-0.05, 0) is 49.9 Å². The van der Waals surface area contributed by atoms with E-state index in [0.717, 1.165) is 45.3 Å². The maximum Gasteiger partial charge on any atom is 0.219 e. The quantitative estimate of drug-likeness (QED) is 0.769. The normalized spacial score (nSPS) is 21.6. The monoisotopic (exact) mass is 342 g/mol. The van der Waals surface area contributed by atoms with Gasteiger partial charge in [-0.1, -0.05) is 36.2 Å². The molecule has 1 heterocycles. The molecule has 0 aromatic heterocycles. The molecule has 1 aliphatic rings. The van der Waals surface area contributed by atoms with Gasteiger partial charge in [-0.3, -0.25) is 4.79 Å². The summed E-state index contributed by atoms with van der Waals surface area (Å²) in [5.41, 5.74) is 1.33. The number of piperidine rings is 1. The molecule has 1 amide bonds. The standard InChI is InChI=1S/C17H24Cl2N2O/c1-2-16(22)21-10-4-8-17(7-3-9-20-12-17)13-5-6-14(18)15(19)11-13/h5-6,11,20H,2-4,7-10,12H2,1H3,(H,21,22). The predicted octanol–water partition coefficient (Wildman–Crippen LogP) is 3.92. The Hall–Kier alpha value is -0.770. The summed E-state index contributed by atoms with van der Waals surface area (Å²) < 4.78 is 0. The average molecular weight is 343 g/mol. The van der Waals surface area contributed by atoms with Gasteiger partial charge in [0.1, 0.15) is 0 Å². The number of benzene rings is 1. The molecule has 22 heavy (non-hydrogen) atoms. The summed E-state index contributed by atoms with van der Waals surface area (Å²) in [6.07, 6.45) is 4.83. The van der Waals surface area contributed by atoms with Gasteiger partial charge < -0.3 is 10.6 Å². The number of carbonyl (C=O) groups is 1. The summed E-state index contributed by atoms with van der Waals surface area (Å²) in [6, 6.07) is 5.97. The molecule has 1 aromatic carbocycles. The van der Waals surface area contributed by atoms with E-state index in [2.05, 4.69) is 16.7 Å². The first kappa shape index (κ1) is 17.6. The highest BCUT2D eigenvalue weighted by molar-refractivity contribution is 6.42. The Morgan fingerprint density at radius 2 is 2.18 bits per heavy atom. The topological polar surface area (TPSA) is 41.1 Å². The van der Waals surface area contributed by atoms with Gasteiger partial charge in [0.15, 0.2) is 0 Å². The number of halogens is 2. The van der Waals surface area contributed by atoms with Crippen molar-refractivity contribution < 1.29 is 4.79 Å². The minimum atomic E-state index is 0.0867. The van der Waals surface area contributed by atoms with Crippen LogP contribution in [0.4, 0.5) is 0 Å². The molecule has 2 N–H and O–H groups in total. The van der Waals surface area contributed by atoms with Crippen LogP contribution in [0.3, 0.4) is 0 Å². The Kier molecular flexibility index (Phi) is 6.54. The lowest BCUT2D eigenvalue weighted by Gasteiger charge is -2.38. The molecule has 0 spiro atoms. The minimum absolute atomic E-state index is 0.0867. The molecule has 1 atom stereocenters. The van der Waals surface area contributed by atoms with Crippen LogP contribution in [0.5, 0.6) is 0 Å². The molecule has 1 aliphatic heterocycles. The molecule has 0 bridgehead atoms. The molecule has 1 fully saturated rings. The van der Waals surface area contributed by atoms with Crippen molar-refractivity contribution >= 4 is 29.1 Å². The lowest BCUT2D eigenvalue weighted by atomic mass is 9.71. The van der Waals surface area contributed by atoms with Gasteiger partial charge in [0, 0.05) is 24.9 Å². The molecule has 1 unspecified atom stereocenters. The van der Waals surface area contributed by atoms with Crippen molar-refractivity contribution in [2.24, 2.45) is 0 Å². The lowest BCUT2D eigenvalue weighted by Crippen LogP contribution is -2.43. The number of rotatable bonds is 6. The van der Waals surface area contributed by atoms with E-state index in [-0.39, 0.29) is 11.3 Å². The molecule has 122 valence electrons. The summed E-state index contributed by atoms with van der Waals surface area (Å²) in [6.45, 7) is 4.62. The van der Waals surface area contributed by atoms with Crippen LogP contribution < -0.4 is 10.6 Å². The summed E-state index contributed by atoms with van der Waals surface area (Å²) in [7, 11) is 0. The number of hydrogen-bond acceptors (Lipinski definition) is 2. The highest BCUT2D eigenvalue weighted by Crippen LogP contribution is 2.38. The highest BCUT2D eigenvalue weighted by Gasteiger charge is 2.33. The fraction of sp³-hybridized carbons (Fsp3) is 0.588. The van der Waals surface area contributed by atoms with Gasteiger partial charge in [-0.25, -0.2) is 0 Å². The third-order valence-corrected chi connectivity index (χ3v) is 5.22. The maximum atomic E-state index is 11.3. The zero-order valence-corrected chi connectivity index (χ0v) is 14.6. The van der Waals surface area contributed by atoms with Crippen LogP contribution in [0, 0.1) is 0 Å². The van der Waals surface area contributed by atoms with Crippen LogP contribution in [0.25, 0.3) is 0 Å². The van der Waals surface area contributed by atoms with Crippen LogP contribution in [-0.2, 0) is 10.2 Å². The summed E-state index contributed by atoms with van der Waals surface area (Å²) in [4.78, 5) is 11.3. The summed E-state index contributed by atoms with van der Waals surface area (Å²) in [5.74, 6) is 0.116. The number of nitrogens with one attached hydrogen (secondary N) is 2. The molecule has 3 nitrogen and oxygen atoms in total. The van der Waals surface area contributed by atoms with Crippen LogP contribution in [0.1, 0.15) is 44.6 Å². The molecule has 0 aliphatic carbocycles. The van der Waals surface area contributed by atoms with Crippen molar-refractivity contribution in [2.45, 2.75) is 44.4 Å². The highest BCUT2D eigenvalue weighted by atomic mass is 35.5. The number of hydrogen-bond donors (Lipinski definition) is 2. The molecule has 2 rings (SSSR count). The van der Waals surface area contributed by atoms with E-state index in [1.54, 1.807) is 0 Å². The van der Waals surface area contributed by atoms with E-state index in [0.29, 0.717) is 16.5 Å². The van der Waals surface area contributed by atoms with Crippen molar-refractivity contribution in [2.75, 3.05) is 19.6 Å². The first-order valence-corrected chi connectivity index (χ1v) is 8.76. The third-order valence-electron chi connectivity index (χ3n) is 4.48. The second-order valence-electron chi connectivity index (χ2n) is 6.00. The van der Waals surface area contributed by atoms with E-state index in [1.807, 2.05) is 19.1 Å². The van der Waals surface area contributed by atoms with E-state index in [1.165, 1.54) is 5.56 Å². The molecular formula is C17H24Cl2N2O. The van der Waals surface area contributed by atoms with Crippen molar-refractivity contribution in [3.05, 3.63) is 33.8 Å². The summed E-state index contributed by atoms with van der Waals surface area (Å²) in [5, 5.41) is 7.67. The maximum absolute atomic E-state index is 11.3. The first-order valence-electron chi connectivity index (χ1n) is 8.00. The van der Waals surface area contributed by atoms with Crippen molar-refractivity contribution in [1.29, 1.82) is 0 Å². The number of amides is 1. The molecule has 0 saturated carbocycles. The Morgan fingerprint density at radius 3 is 2.82 bits per heavy atom. The average Bonchev–Trinajstić information content (AvgIpc) is 2.54. The van der Waals surface area contributed by atoms with Crippen LogP contribution in [-0.4, -0.2) is 25.5 Å². The molecule has 0 radical (unpaired) electrons. The minimum Gasteiger partial charge on any atom is -0.356 e. The molecular weight excluding hydrogens is 319 g/mol. The fourth-order valence-electron chi connectivity index (χ4n) is 3.18. The van der Waals surface area contributed by atoms with Gasteiger partial charge in [0.2, 0.25) is 5.91 Å². The van der Waals surface area contributed by atoms with E-state index in [4.69, 9.17) is 23.2 Å². The van der Waals surface area contributed by atoms with Gasteiger partial charge in [0.25, 0.3) is 0 Å². The van der Waals surface area contributed by atoms with Gasteiger partial charge in [0.05, 0.1) is 10.0 Å². The van der Waals surface area contributed by atoms with E-state index in [9.17, 15) is 4.79 Å². The molecule has 5 heteroatoms. The van der Waals surface area contributed by atoms with Gasteiger partial charge >= 0.3 is 0 Å². The number of carbonyl (C=O) groups excluding carboxylic acids is 1. The van der Waals surface area contributed by atoms with Crippen LogP contribution in [0.15, 0.2) is 18.2 Å². The molecule has 1 saturated heterocycles. The Bertz CT molecular complexity index is 513. The van der Waals surface area contributed by atoms with E-state index >= 15 is 0 Å². The zero-order chi connectivity index (χ0) is 16.0. The Balaban J connectivity index is 2.06. The van der Waals surface area contributed by atoms with Crippen LogP contribution in [0.2, 0.25) is 10.0 Å². The fourth-order valence-corrected chi connectivity index (χ4v) is 3.48.